The highest BCUT2D eigenvalue weighted by atomic mass is 32.2. The van der Waals surface area contributed by atoms with Crippen molar-refractivity contribution in [2.45, 2.75) is 11.3 Å². The maximum absolute atomic E-state index is 12.1. The largest absolute Gasteiger partial charge is 0.507 e. The van der Waals surface area contributed by atoms with Crippen molar-refractivity contribution in [2.24, 2.45) is 0 Å². The van der Waals surface area contributed by atoms with E-state index in [1.807, 2.05) is 0 Å². The molecule has 0 fully saturated rings. The summed E-state index contributed by atoms with van der Waals surface area (Å²) >= 11 is 0. The summed E-state index contributed by atoms with van der Waals surface area (Å²) in [7, 11) is -3.54. The van der Waals surface area contributed by atoms with Gasteiger partial charge in [-0.3, -0.25) is 4.79 Å². The van der Waals surface area contributed by atoms with E-state index in [0.717, 1.165) is 6.07 Å². The van der Waals surface area contributed by atoms with Gasteiger partial charge in [-0.15, -0.1) is 0 Å². The van der Waals surface area contributed by atoms with Gasteiger partial charge in [-0.25, -0.2) is 13.2 Å². The number of amides is 1. The molecule has 0 heterocycles. The maximum Gasteiger partial charge on any atom is 0.339 e. The third-order valence-electron chi connectivity index (χ3n) is 3.41. The van der Waals surface area contributed by atoms with Crippen molar-refractivity contribution >= 4 is 21.7 Å². The van der Waals surface area contributed by atoms with Gasteiger partial charge in [0.2, 0.25) is 5.91 Å². The van der Waals surface area contributed by atoms with Crippen LogP contribution in [0.1, 0.15) is 16.8 Å². The second kappa shape index (κ2) is 8.34. The molecule has 3 N–H and O–H groups in total. The number of carboxylic acids is 1. The standard InChI is InChI=1S/C17H17NO7S/c19-15-10-12(6-7-14(15)17(21)22)25-11-18-16(20)8-9-26(23,24)13-4-2-1-3-5-13/h1-7,10,19H,8-9,11H2,(H,18,20)(H,21,22). The zero-order valence-electron chi connectivity index (χ0n) is 13.6. The molecule has 1 amide bonds. The highest BCUT2D eigenvalue weighted by Gasteiger charge is 2.16. The van der Waals surface area contributed by atoms with Gasteiger partial charge in [-0.1, -0.05) is 18.2 Å². The minimum Gasteiger partial charge on any atom is -0.507 e. The minimum atomic E-state index is -3.54. The van der Waals surface area contributed by atoms with E-state index in [1.54, 1.807) is 18.2 Å². The van der Waals surface area contributed by atoms with Crippen LogP contribution in [0.25, 0.3) is 0 Å². The first-order valence-corrected chi connectivity index (χ1v) is 9.18. The minimum absolute atomic E-state index is 0.151. The lowest BCUT2D eigenvalue weighted by Crippen LogP contribution is -2.29. The van der Waals surface area contributed by atoms with Crippen LogP contribution in [0, 0.1) is 0 Å². The summed E-state index contributed by atoms with van der Waals surface area (Å²) in [6.07, 6.45) is -0.232. The van der Waals surface area contributed by atoms with Crippen LogP contribution in [0.15, 0.2) is 53.4 Å². The van der Waals surface area contributed by atoms with Gasteiger partial charge in [0.25, 0.3) is 0 Å². The summed E-state index contributed by atoms with van der Waals surface area (Å²) in [5, 5.41) is 20.7. The van der Waals surface area contributed by atoms with Gasteiger partial charge < -0.3 is 20.3 Å². The number of nitrogens with one attached hydrogen (secondary N) is 1. The molecule has 2 aromatic rings. The third kappa shape index (κ3) is 5.21. The smallest absolute Gasteiger partial charge is 0.339 e. The van der Waals surface area contributed by atoms with Crippen LogP contribution in [0.3, 0.4) is 0 Å². The fraction of sp³-hybridized carbons (Fsp3) is 0.176. The Hall–Kier alpha value is -3.07. The lowest BCUT2D eigenvalue weighted by molar-refractivity contribution is -0.121. The molecule has 0 aromatic heterocycles. The van der Waals surface area contributed by atoms with Crippen molar-refractivity contribution in [3.63, 3.8) is 0 Å². The van der Waals surface area contributed by atoms with Crippen LogP contribution in [0.2, 0.25) is 0 Å². The van der Waals surface area contributed by atoms with Gasteiger partial charge in [-0.2, -0.15) is 0 Å². The SMILES string of the molecule is O=C(CCS(=O)(=O)c1ccccc1)NCOc1ccc(C(=O)O)c(O)c1. The quantitative estimate of drug-likeness (QED) is 0.591. The van der Waals surface area contributed by atoms with Gasteiger partial charge in [0, 0.05) is 12.5 Å². The van der Waals surface area contributed by atoms with Crippen molar-refractivity contribution in [3.8, 4) is 11.5 Å². The van der Waals surface area contributed by atoms with Crippen molar-refractivity contribution in [2.75, 3.05) is 12.5 Å². The molecule has 2 rings (SSSR count). The number of aromatic carboxylic acids is 1. The Balaban J connectivity index is 1.81. The van der Waals surface area contributed by atoms with E-state index < -0.39 is 27.5 Å². The molecule has 138 valence electrons. The van der Waals surface area contributed by atoms with Gasteiger partial charge >= 0.3 is 5.97 Å². The van der Waals surface area contributed by atoms with Gasteiger partial charge in [0.1, 0.15) is 17.1 Å². The van der Waals surface area contributed by atoms with Crippen molar-refractivity contribution in [1.82, 2.24) is 5.32 Å². The molecule has 0 radical (unpaired) electrons. The molecule has 0 atom stereocenters. The highest BCUT2D eigenvalue weighted by molar-refractivity contribution is 7.91. The maximum atomic E-state index is 12.1. The average Bonchev–Trinajstić information content (AvgIpc) is 2.60. The molecule has 0 spiro atoms. The summed E-state index contributed by atoms with van der Waals surface area (Å²) in [5.41, 5.74) is -0.271. The van der Waals surface area contributed by atoms with Crippen molar-refractivity contribution < 1.29 is 33.0 Å². The van der Waals surface area contributed by atoms with E-state index in [4.69, 9.17) is 9.84 Å². The lowest BCUT2D eigenvalue weighted by atomic mass is 10.2. The Morgan fingerprint density at radius 1 is 1.08 bits per heavy atom. The first-order valence-electron chi connectivity index (χ1n) is 7.53. The second-order valence-corrected chi connectivity index (χ2v) is 7.36. The number of benzene rings is 2. The Morgan fingerprint density at radius 2 is 1.77 bits per heavy atom. The zero-order chi connectivity index (χ0) is 19.2. The number of carboxylic acid groups (broad SMARTS) is 1. The Kier molecular flexibility index (Phi) is 6.18. The number of sulfone groups is 1. The number of hydrogen-bond acceptors (Lipinski definition) is 6. The molecule has 0 unspecified atom stereocenters. The average molecular weight is 379 g/mol. The molecule has 26 heavy (non-hydrogen) atoms. The number of hydrogen-bond donors (Lipinski definition) is 3. The van der Waals surface area contributed by atoms with Crippen LogP contribution in [0.4, 0.5) is 0 Å². The fourth-order valence-corrected chi connectivity index (χ4v) is 3.30. The summed E-state index contributed by atoms with van der Waals surface area (Å²) in [6.45, 7) is -0.254. The number of carbonyl (C=O) groups excluding carboxylic acids is 1. The zero-order valence-corrected chi connectivity index (χ0v) is 14.4. The summed E-state index contributed by atoms with van der Waals surface area (Å²) in [6, 6.07) is 11.4. The molecular weight excluding hydrogens is 362 g/mol. The Labute approximate surface area is 150 Å². The second-order valence-electron chi connectivity index (χ2n) is 5.25. The molecule has 0 bridgehead atoms. The number of rotatable bonds is 8. The molecule has 2 aromatic carbocycles. The van der Waals surface area contributed by atoms with Crippen LogP contribution in [0.5, 0.6) is 11.5 Å². The van der Waals surface area contributed by atoms with E-state index in [-0.39, 0.29) is 35.1 Å². The third-order valence-corrected chi connectivity index (χ3v) is 5.14. The van der Waals surface area contributed by atoms with Crippen molar-refractivity contribution in [1.29, 1.82) is 0 Å². The molecule has 0 aliphatic rings. The van der Waals surface area contributed by atoms with E-state index in [2.05, 4.69) is 5.32 Å². The first-order chi connectivity index (χ1) is 12.3. The number of phenols is 1. The van der Waals surface area contributed by atoms with Crippen LogP contribution in [-0.2, 0) is 14.6 Å². The normalized spacial score (nSPS) is 10.9. The van der Waals surface area contributed by atoms with E-state index in [9.17, 15) is 23.1 Å². The van der Waals surface area contributed by atoms with E-state index in [0.29, 0.717) is 0 Å². The van der Waals surface area contributed by atoms with Gasteiger partial charge in [0.15, 0.2) is 16.6 Å². The Morgan fingerprint density at radius 3 is 2.38 bits per heavy atom. The molecular formula is C17H17NO7S. The van der Waals surface area contributed by atoms with Crippen LogP contribution < -0.4 is 10.1 Å². The number of aromatic hydroxyl groups is 1. The summed E-state index contributed by atoms with van der Waals surface area (Å²) < 4.78 is 29.3. The summed E-state index contributed by atoms with van der Waals surface area (Å²) in [4.78, 5) is 22.7. The van der Waals surface area contributed by atoms with Gasteiger partial charge in [0.05, 0.1) is 10.6 Å². The Bertz CT molecular complexity index is 895. The van der Waals surface area contributed by atoms with Crippen LogP contribution >= 0.6 is 0 Å². The molecule has 8 nitrogen and oxygen atoms in total. The predicted octanol–water partition coefficient (Wildman–Crippen LogP) is 1.41. The van der Waals surface area contributed by atoms with E-state index in [1.165, 1.54) is 24.3 Å². The predicted molar refractivity (Wildman–Crippen MR) is 91.8 cm³/mol. The fourth-order valence-electron chi connectivity index (χ4n) is 2.04. The van der Waals surface area contributed by atoms with Crippen LogP contribution in [-0.4, -0.2) is 43.0 Å². The highest BCUT2D eigenvalue weighted by Crippen LogP contribution is 2.23. The topological polar surface area (TPSA) is 130 Å². The number of carbonyl (C=O) groups is 2. The lowest BCUT2D eigenvalue weighted by Gasteiger charge is -2.09. The van der Waals surface area contributed by atoms with Crippen molar-refractivity contribution in [3.05, 3.63) is 54.1 Å². The summed E-state index contributed by atoms with van der Waals surface area (Å²) in [5.74, 6) is -2.44. The molecule has 0 aliphatic carbocycles. The van der Waals surface area contributed by atoms with E-state index >= 15 is 0 Å². The monoisotopic (exact) mass is 379 g/mol. The number of ether oxygens (including phenoxy) is 1. The molecule has 0 saturated heterocycles. The van der Waals surface area contributed by atoms with Gasteiger partial charge in [-0.05, 0) is 24.3 Å². The molecule has 9 heteroatoms. The first kappa shape index (κ1) is 19.3. The molecule has 0 saturated carbocycles. The molecule has 0 aliphatic heterocycles.